The molecule has 0 aliphatic carbocycles. The maximum Gasteiger partial charge on any atom is 0.323 e. The van der Waals surface area contributed by atoms with Crippen LogP contribution >= 0.6 is 0 Å². The SMILES string of the molecule is CCCC1OCCc2c1n(CC(=O)O)c1c(F)ccc(C#N)c21. The van der Waals surface area contributed by atoms with Crippen molar-refractivity contribution in [3.63, 3.8) is 0 Å². The van der Waals surface area contributed by atoms with E-state index in [0.717, 1.165) is 18.4 Å². The molecule has 0 radical (unpaired) electrons. The molecule has 0 saturated heterocycles. The molecule has 0 spiro atoms. The van der Waals surface area contributed by atoms with Crippen LogP contribution in [0.25, 0.3) is 10.9 Å². The van der Waals surface area contributed by atoms with Gasteiger partial charge in [-0.25, -0.2) is 4.39 Å². The maximum atomic E-state index is 14.4. The zero-order valence-corrected chi connectivity index (χ0v) is 12.8. The molecule has 0 fully saturated rings. The van der Waals surface area contributed by atoms with Gasteiger partial charge in [-0.05, 0) is 30.5 Å². The second-order valence-corrected chi connectivity index (χ2v) is 5.67. The van der Waals surface area contributed by atoms with E-state index in [0.29, 0.717) is 29.7 Å². The molecule has 1 aromatic carbocycles. The minimum atomic E-state index is -1.05. The maximum absolute atomic E-state index is 14.4. The molecule has 2 heterocycles. The fraction of sp³-hybridized carbons (Fsp3) is 0.412. The van der Waals surface area contributed by atoms with Gasteiger partial charge in [0.25, 0.3) is 0 Å². The van der Waals surface area contributed by atoms with E-state index in [1.165, 1.54) is 16.7 Å². The van der Waals surface area contributed by atoms with Crippen LogP contribution in [0.1, 0.15) is 42.7 Å². The van der Waals surface area contributed by atoms with Crippen molar-refractivity contribution in [2.45, 2.75) is 38.8 Å². The Hall–Kier alpha value is -2.39. The monoisotopic (exact) mass is 316 g/mol. The lowest BCUT2D eigenvalue weighted by atomic mass is 9.97. The van der Waals surface area contributed by atoms with Crippen molar-refractivity contribution in [1.82, 2.24) is 4.57 Å². The Kier molecular flexibility index (Phi) is 4.05. The normalized spacial score (nSPS) is 17.0. The van der Waals surface area contributed by atoms with Crippen LogP contribution in [0.15, 0.2) is 12.1 Å². The van der Waals surface area contributed by atoms with Gasteiger partial charge in [0.05, 0.1) is 35.6 Å². The second kappa shape index (κ2) is 6.01. The van der Waals surface area contributed by atoms with Crippen molar-refractivity contribution in [3.05, 3.63) is 34.8 Å². The summed E-state index contributed by atoms with van der Waals surface area (Å²) in [5.74, 6) is -1.56. The molecule has 2 aromatic rings. The summed E-state index contributed by atoms with van der Waals surface area (Å²) in [6.07, 6.45) is 1.89. The van der Waals surface area contributed by atoms with Crippen molar-refractivity contribution >= 4 is 16.9 Å². The number of halogens is 1. The van der Waals surface area contributed by atoms with E-state index >= 15 is 0 Å². The lowest BCUT2D eigenvalue weighted by molar-refractivity contribution is -0.137. The second-order valence-electron chi connectivity index (χ2n) is 5.67. The highest BCUT2D eigenvalue weighted by atomic mass is 19.1. The summed E-state index contributed by atoms with van der Waals surface area (Å²) >= 11 is 0. The zero-order chi connectivity index (χ0) is 16.6. The molecule has 1 aromatic heterocycles. The third-order valence-corrected chi connectivity index (χ3v) is 4.24. The Bertz CT molecular complexity index is 820. The van der Waals surface area contributed by atoms with E-state index in [4.69, 9.17) is 4.74 Å². The molecular formula is C17H17FN2O3. The van der Waals surface area contributed by atoms with Crippen LogP contribution in [-0.2, 0) is 22.5 Å². The third kappa shape index (κ3) is 2.47. The zero-order valence-electron chi connectivity index (χ0n) is 12.8. The summed E-state index contributed by atoms with van der Waals surface area (Å²) in [7, 11) is 0. The van der Waals surface area contributed by atoms with Crippen molar-refractivity contribution in [2.24, 2.45) is 0 Å². The summed E-state index contributed by atoms with van der Waals surface area (Å²) in [5, 5.41) is 19.1. The van der Waals surface area contributed by atoms with Gasteiger partial charge < -0.3 is 14.4 Å². The number of rotatable bonds is 4. The fourth-order valence-electron chi connectivity index (χ4n) is 3.42. The first kappa shape index (κ1) is 15.5. The van der Waals surface area contributed by atoms with Crippen LogP contribution in [0.3, 0.4) is 0 Å². The van der Waals surface area contributed by atoms with E-state index in [9.17, 15) is 19.6 Å². The third-order valence-electron chi connectivity index (χ3n) is 4.24. The highest BCUT2D eigenvalue weighted by Crippen LogP contribution is 2.39. The number of hydrogen-bond donors (Lipinski definition) is 1. The predicted molar refractivity (Wildman–Crippen MR) is 81.6 cm³/mol. The van der Waals surface area contributed by atoms with Crippen molar-refractivity contribution in [1.29, 1.82) is 5.26 Å². The van der Waals surface area contributed by atoms with Crippen LogP contribution in [0.4, 0.5) is 4.39 Å². The van der Waals surface area contributed by atoms with E-state index in [2.05, 4.69) is 6.07 Å². The number of nitrogens with zero attached hydrogens (tertiary/aromatic N) is 2. The summed E-state index contributed by atoms with van der Waals surface area (Å²) in [6, 6.07) is 4.77. The molecule has 0 saturated carbocycles. The lowest BCUT2D eigenvalue weighted by Crippen LogP contribution is -2.21. The number of nitriles is 1. The highest BCUT2D eigenvalue weighted by Gasteiger charge is 2.31. The standard InChI is InChI=1S/C17H17FN2O3/c1-2-3-13-16-11(6-7-23-13)15-10(8-19)4-5-12(18)17(15)20(16)9-14(21)22/h4-5,13H,2-3,6-7,9H2,1H3,(H,21,22). The van der Waals surface area contributed by atoms with Gasteiger partial charge in [-0.1, -0.05) is 13.3 Å². The van der Waals surface area contributed by atoms with E-state index in [1.54, 1.807) is 0 Å². The van der Waals surface area contributed by atoms with E-state index in [1.807, 2.05) is 6.92 Å². The summed E-state index contributed by atoms with van der Waals surface area (Å²) in [5.41, 5.74) is 2.13. The molecule has 1 atom stereocenters. The predicted octanol–water partition coefficient (Wildman–Crippen LogP) is 3.15. The van der Waals surface area contributed by atoms with Crippen LogP contribution in [0.2, 0.25) is 0 Å². The molecule has 1 unspecified atom stereocenters. The van der Waals surface area contributed by atoms with Crippen LogP contribution < -0.4 is 0 Å². The first-order chi connectivity index (χ1) is 11.1. The van der Waals surface area contributed by atoms with Gasteiger partial charge in [0.2, 0.25) is 0 Å². The topological polar surface area (TPSA) is 75.2 Å². The molecule has 23 heavy (non-hydrogen) atoms. The molecule has 120 valence electrons. The largest absolute Gasteiger partial charge is 0.480 e. The lowest BCUT2D eigenvalue weighted by Gasteiger charge is -2.25. The number of aliphatic carboxylic acids is 1. The van der Waals surface area contributed by atoms with E-state index in [-0.39, 0.29) is 18.2 Å². The van der Waals surface area contributed by atoms with Crippen LogP contribution in [0, 0.1) is 17.1 Å². The quantitative estimate of drug-likeness (QED) is 0.940. The van der Waals surface area contributed by atoms with Gasteiger partial charge >= 0.3 is 5.97 Å². The number of hydrogen-bond acceptors (Lipinski definition) is 3. The number of benzene rings is 1. The number of carboxylic acid groups (broad SMARTS) is 1. The number of ether oxygens (including phenoxy) is 1. The van der Waals surface area contributed by atoms with E-state index < -0.39 is 11.8 Å². The smallest absolute Gasteiger partial charge is 0.323 e. The Labute approximate surface area is 132 Å². The average Bonchev–Trinajstić information content (AvgIpc) is 2.84. The number of aromatic nitrogens is 1. The molecule has 1 N–H and O–H groups in total. The van der Waals surface area contributed by atoms with Gasteiger partial charge in [0.1, 0.15) is 12.4 Å². The minimum absolute atomic E-state index is 0.197. The van der Waals surface area contributed by atoms with Crippen molar-refractivity contribution in [3.8, 4) is 6.07 Å². The summed E-state index contributed by atoms with van der Waals surface area (Å²) in [6.45, 7) is 2.16. The average molecular weight is 316 g/mol. The Morgan fingerprint density at radius 2 is 2.35 bits per heavy atom. The number of carbonyl (C=O) groups is 1. The number of carboxylic acids is 1. The molecule has 6 heteroatoms. The van der Waals surface area contributed by atoms with Gasteiger partial charge in [-0.3, -0.25) is 4.79 Å². The molecule has 1 aliphatic heterocycles. The summed E-state index contributed by atoms with van der Waals surface area (Å²) in [4.78, 5) is 11.3. The minimum Gasteiger partial charge on any atom is -0.480 e. The summed E-state index contributed by atoms with van der Waals surface area (Å²) < 4.78 is 21.7. The molecule has 1 aliphatic rings. The van der Waals surface area contributed by atoms with Crippen molar-refractivity contribution in [2.75, 3.05) is 6.61 Å². The molecule has 0 amide bonds. The van der Waals surface area contributed by atoms with Gasteiger partial charge in [-0.15, -0.1) is 0 Å². The molecular weight excluding hydrogens is 299 g/mol. The first-order valence-electron chi connectivity index (χ1n) is 7.65. The molecule has 0 bridgehead atoms. The highest BCUT2D eigenvalue weighted by molar-refractivity contribution is 5.92. The van der Waals surface area contributed by atoms with Gasteiger partial charge in [0.15, 0.2) is 0 Å². The fourth-order valence-corrected chi connectivity index (χ4v) is 3.42. The van der Waals surface area contributed by atoms with Gasteiger partial charge in [-0.2, -0.15) is 5.26 Å². The Balaban J connectivity index is 2.38. The molecule has 3 rings (SSSR count). The Morgan fingerprint density at radius 3 is 3.00 bits per heavy atom. The van der Waals surface area contributed by atoms with Crippen LogP contribution in [-0.4, -0.2) is 22.2 Å². The van der Waals surface area contributed by atoms with Gasteiger partial charge in [0, 0.05) is 5.39 Å². The first-order valence-corrected chi connectivity index (χ1v) is 7.65. The van der Waals surface area contributed by atoms with Crippen LogP contribution in [0.5, 0.6) is 0 Å². The molecule has 5 nitrogen and oxygen atoms in total. The Morgan fingerprint density at radius 1 is 1.57 bits per heavy atom. The van der Waals surface area contributed by atoms with Crippen molar-refractivity contribution < 1.29 is 19.0 Å². The number of fused-ring (bicyclic) bond motifs is 3.